The smallest absolute Gasteiger partial charge is 0.768 e. The molecule has 0 saturated heterocycles. The van der Waals surface area contributed by atoms with Gasteiger partial charge in [0.1, 0.15) is 0 Å². The molecule has 1 aromatic carbocycles. The van der Waals surface area contributed by atoms with Gasteiger partial charge in [-0.3, -0.25) is 8.42 Å². The Bertz CT molecular complexity index is 422. The Morgan fingerprint density at radius 1 is 1.12 bits per heavy atom. The van der Waals surface area contributed by atoms with Gasteiger partial charge in [0.05, 0.1) is 0 Å². The fourth-order valence-electron chi connectivity index (χ4n) is 0.931. The maximum atomic E-state index is 10.7. The van der Waals surface area contributed by atoms with Crippen LogP contribution in [0, 0.1) is 0 Å². The molecule has 0 spiro atoms. The van der Waals surface area contributed by atoms with Crippen LogP contribution in [0.15, 0.2) is 34.6 Å². The molecule has 0 aliphatic carbocycles. The largest absolute Gasteiger partial charge is 1.00 e. The van der Waals surface area contributed by atoms with Crippen molar-refractivity contribution in [2.75, 3.05) is 0 Å². The molecular formula is C8H6Na2O4S2. The summed E-state index contributed by atoms with van der Waals surface area (Å²) < 4.78 is 42.5. The third-order valence-electron chi connectivity index (χ3n) is 1.58. The van der Waals surface area contributed by atoms with Crippen molar-refractivity contribution in [3.63, 3.8) is 0 Å². The van der Waals surface area contributed by atoms with E-state index in [1.807, 2.05) is 0 Å². The number of hydrogen-bond acceptors (Lipinski definition) is 4. The van der Waals surface area contributed by atoms with Crippen LogP contribution < -0.4 is 59.1 Å². The summed E-state index contributed by atoms with van der Waals surface area (Å²) in [6.07, 6.45) is 1.35. The normalized spacial score (nSPS) is 12.9. The monoisotopic (exact) mass is 276 g/mol. The fraction of sp³-hybridized carbons (Fsp3) is 0. The van der Waals surface area contributed by atoms with E-state index in [0.29, 0.717) is 5.56 Å². The fourth-order valence-corrected chi connectivity index (χ4v) is 1.97. The van der Waals surface area contributed by atoms with Crippen LogP contribution in [0.3, 0.4) is 0 Å². The molecule has 2 atom stereocenters. The molecule has 8 heteroatoms. The molecule has 1 aromatic rings. The molecule has 0 radical (unpaired) electrons. The SMILES string of the molecule is C=Cc1ccc(S(=O)[O-])cc1S(=O)[O-].[Na+].[Na+]. The summed E-state index contributed by atoms with van der Waals surface area (Å²) in [6, 6.07) is 3.79. The molecular weight excluding hydrogens is 270 g/mol. The first kappa shape index (κ1) is 19.5. The van der Waals surface area contributed by atoms with E-state index < -0.39 is 22.2 Å². The summed E-state index contributed by atoms with van der Waals surface area (Å²) >= 11 is -4.89. The van der Waals surface area contributed by atoms with E-state index >= 15 is 0 Å². The van der Waals surface area contributed by atoms with Gasteiger partial charge in [0.2, 0.25) is 0 Å². The molecule has 0 aliphatic rings. The number of hydrogen-bond donors (Lipinski definition) is 0. The summed E-state index contributed by atoms with van der Waals surface area (Å²) in [4.78, 5) is -0.128. The Kier molecular flexibility index (Phi) is 11.2. The maximum Gasteiger partial charge on any atom is 1.00 e. The molecule has 4 nitrogen and oxygen atoms in total. The predicted molar refractivity (Wildman–Crippen MR) is 50.9 cm³/mol. The van der Waals surface area contributed by atoms with Gasteiger partial charge in [-0.05, 0) is 39.9 Å². The number of benzene rings is 1. The number of rotatable bonds is 3. The Labute approximate surface area is 143 Å². The molecule has 0 aliphatic heterocycles. The Morgan fingerprint density at radius 3 is 2.06 bits per heavy atom. The van der Waals surface area contributed by atoms with Crippen LogP contribution in [0.25, 0.3) is 6.08 Å². The first-order valence-corrected chi connectivity index (χ1v) is 5.66. The summed E-state index contributed by atoms with van der Waals surface area (Å²) in [5.41, 5.74) is 0.382. The third kappa shape index (κ3) is 5.22. The zero-order chi connectivity index (χ0) is 10.7. The van der Waals surface area contributed by atoms with Crippen molar-refractivity contribution >= 4 is 28.2 Å². The van der Waals surface area contributed by atoms with Crippen molar-refractivity contribution in [3.05, 3.63) is 30.3 Å². The molecule has 0 heterocycles. The Hall–Kier alpha value is 1.18. The second-order valence-electron chi connectivity index (χ2n) is 2.37. The van der Waals surface area contributed by atoms with Crippen LogP contribution in [-0.4, -0.2) is 17.5 Å². The van der Waals surface area contributed by atoms with Gasteiger partial charge in [-0.15, -0.1) is 0 Å². The van der Waals surface area contributed by atoms with Crippen LogP contribution in [0.2, 0.25) is 0 Å². The summed E-state index contributed by atoms with van der Waals surface area (Å²) in [7, 11) is 0. The topological polar surface area (TPSA) is 80.3 Å². The molecule has 76 valence electrons. The Morgan fingerprint density at radius 2 is 1.69 bits per heavy atom. The van der Waals surface area contributed by atoms with Crippen molar-refractivity contribution < 1.29 is 76.6 Å². The summed E-state index contributed by atoms with van der Waals surface area (Å²) in [5.74, 6) is 0. The zero-order valence-corrected chi connectivity index (χ0v) is 14.6. The maximum absolute atomic E-state index is 10.7. The molecule has 0 saturated carbocycles. The second kappa shape index (κ2) is 9.16. The minimum Gasteiger partial charge on any atom is -0.768 e. The second-order valence-corrected chi connectivity index (χ2v) is 4.22. The first-order valence-electron chi connectivity index (χ1n) is 3.51. The van der Waals surface area contributed by atoms with Gasteiger partial charge < -0.3 is 9.11 Å². The van der Waals surface area contributed by atoms with Crippen LogP contribution in [0.5, 0.6) is 0 Å². The van der Waals surface area contributed by atoms with E-state index in [9.17, 15) is 17.5 Å². The van der Waals surface area contributed by atoms with E-state index in [2.05, 4.69) is 6.58 Å². The molecule has 0 aromatic heterocycles. The van der Waals surface area contributed by atoms with Crippen molar-refractivity contribution in [1.29, 1.82) is 0 Å². The average Bonchev–Trinajstić information content (AvgIpc) is 2.16. The van der Waals surface area contributed by atoms with E-state index in [4.69, 9.17) is 0 Å². The van der Waals surface area contributed by atoms with Crippen molar-refractivity contribution in [2.45, 2.75) is 9.79 Å². The van der Waals surface area contributed by atoms with Crippen molar-refractivity contribution in [1.82, 2.24) is 0 Å². The molecule has 2 unspecified atom stereocenters. The van der Waals surface area contributed by atoms with Gasteiger partial charge in [0.15, 0.2) is 0 Å². The summed E-state index contributed by atoms with van der Waals surface area (Å²) in [6.45, 7) is 3.42. The van der Waals surface area contributed by atoms with E-state index in [0.717, 1.165) is 6.07 Å². The molecule has 0 fully saturated rings. The quantitative estimate of drug-likeness (QED) is 0.408. The zero-order valence-electron chi connectivity index (χ0n) is 8.97. The van der Waals surface area contributed by atoms with Crippen LogP contribution in [-0.2, 0) is 22.2 Å². The summed E-state index contributed by atoms with van der Waals surface area (Å²) in [5, 5.41) is 0. The Balaban J connectivity index is 0. The van der Waals surface area contributed by atoms with Crippen LogP contribution in [0.4, 0.5) is 0 Å². The van der Waals surface area contributed by atoms with E-state index in [1.165, 1.54) is 18.2 Å². The van der Waals surface area contributed by atoms with Gasteiger partial charge in [0, 0.05) is 9.79 Å². The molecule has 0 amide bonds. The standard InChI is InChI=1S/C8H8O4S2.2Na/c1-2-6-3-4-7(13(9)10)5-8(6)14(11)12;;/h2-5H,1H2,(H,9,10)(H,11,12);;/q;2*+1/p-2. The third-order valence-corrected chi connectivity index (χ3v) is 2.93. The van der Waals surface area contributed by atoms with Gasteiger partial charge in [-0.1, -0.05) is 18.7 Å². The van der Waals surface area contributed by atoms with Crippen LogP contribution >= 0.6 is 0 Å². The van der Waals surface area contributed by atoms with Gasteiger partial charge >= 0.3 is 59.1 Å². The molecule has 1 rings (SSSR count). The first-order chi connectivity index (χ1) is 6.56. The van der Waals surface area contributed by atoms with E-state index in [1.54, 1.807) is 0 Å². The minimum atomic E-state index is -2.46. The van der Waals surface area contributed by atoms with Crippen molar-refractivity contribution in [2.24, 2.45) is 0 Å². The van der Waals surface area contributed by atoms with Gasteiger partial charge in [-0.25, -0.2) is 0 Å². The average molecular weight is 276 g/mol. The van der Waals surface area contributed by atoms with E-state index in [-0.39, 0.29) is 68.9 Å². The molecule has 0 N–H and O–H groups in total. The van der Waals surface area contributed by atoms with Gasteiger partial charge in [-0.2, -0.15) is 0 Å². The predicted octanol–water partition coefficient (Wildman–Crippen LogP) is -5.19. The van der Waals surface area contributed by atoms with Crippen molar-refractivity contribution in [3.8, 4) is 0 Å². The van der Waals surface area contributed by atoms with Gasteiger partial charge in [0.25, 0.3) is 0 Å². The minimum absolute atomic E-state index is 0. The molecule has 16 heavy (non-hydrogen) atoms. The molecule has 0 bridgehead atoms. The van der Waals surface area contributed by atoms with Crippen LogP contribution in [0.1, 0.15) is 5.56 Å².